The van der Waals surface area contributed by atoms with Crippen molar-refractivity contribution in [2.24, 2.45) is 0 Å². The van der Waals surface area contributed by atoms with Crippen molar-refractivity contribution in [1.82, 2.24) is 24.5 Å². The molecule has 0 radical (unpaired) electrons. The molecule has 0 fully saturated rings. The first-order valence-electron chi connectivity index (χ1n) is 20.5. The van der Waals surface area contributed by atoms with Gasteiger partial charge >= 0.3 is 5.97 Å². The molecule has 6 aromatic rings. The minimum absolute atomic E-state index is 0.00567. The number of phenolic OH excluding ortho intramolecular Hbond substituents is 1. The lowest BCUT2D eigenvalue weighted by atomic mass is 9.75. The van der Waals surface area contributed by atoms with E-state index in [0.717, 1.165) is 38.0 Å². The van der Waals surface area contributed by atoms with Crippen molar-refractivity contribution in [3.8, 4) is 28.4 Å². The Morgan fingerprint density at radius 1 is 0.717 bits per heavy atom. The fraction of sp³-hybridized carbons (Fsp3) is 0.300. The number of ether oxygens (including phenoxy) is 2. The van der Waals surface area contributed by atoms with E-state index in [9.17, 15) is 14.7 Å². The highest BCUT2D eigenvalue weighted by Crippen LogP contribution is 2.42. The number of aromatic hydroxyl groups is 1. The first-order valence-corrected chi connectivity index (χ1v) is 20.5. The van der Waals surface area contributed by atoms with E-state index in [-0.39, 0.29) is 23.3 Å². The van der Waals surface area contributed by atoms with E-state index in [0.29, 0.717) is 34.8 Å². The van der Waals surface area contributed by atoms with Gasteiger partial charge in [-0.3, -0.25) is 9.69 Å². The zero-order chi connectivity index (χ0) is 42.8. The van der Waals surface area contributed by atoms with Crippen molar-refractivity contribution in [3.05, 3.63) is 167 Å². The van der Waals surface area contributed by atoms with Crippen LogP contribution in [0, 0.1) is 0 Å². The minimum atomic E-state index is -0.613. The molecular formula is C50H57N5O5. The summed E-state index contributed by atoms with van der Waals surface area (Å²) in [7, 11) is 9.03. The molecule has 0 atom stereocenters. The van der Waals surface area contributed by atoms with Crippen molar-refractivity contribution in [3.63, 3.8) is 0 Å². The van der Waals surface area contributed by atoms with Crippen LogP contribution in [0.2, 0.25) is 0 Å². The highest BCUT2D eigenvalue weighted by Gasteiger charge is 2.40. The van der Waals surface area contributed by atoms with Crippen LogP contribution in [0.5, 0.6) is 11.5 Å². The standard InChI is InChI=1S/C50H57N5O5/c1-36(2)41-34-37(28-29-43(41)55-44(35-42(51-55)49(58)60-7)47-45(56)26-17-27-46(47)59-6)48(57)53(4)32-18-30-52(3)31-19-33-54(5)50(38-20-11-8-12-21-38,39-22-13-9-14-23-39)40-24-15-10-16-25-40/h8-17,20-29,34-36,56H,18-19,30-33H2,1-7H3. The van der Waals surface area contributed by atoms with Gasteiger partial charge in [0.05, 0.1) is 36.7 Å². The van der Waals surface area contributed by atoms with E-state index in [4.69, 9.17) is 9.47 Å². The van der Waals surface area contributed by atoms with Crippen molar-refractivity contribution < 1.29 is 24.2 Å². The van der Waals surface area contributed by atoms with Crippen LogP contribution in [0.25, 0.3) is 16.9 Å². The number of nitrogens with zero attached hydrogens (tertiary/aromatic N) is 5. The molecule has 0 spiro atoms. The number of esters is 1. The Morgan fingerprint density at radius 3 is 1.82 bits per heavy atom. The topological polar surface area (TPSA) is 100 Å². The summed E-state index contributed by atoms with van der Waals surface area (Å²) in [5.74, 6) is -0.306. The molecule has 312 valence electrons. The average molecular weight is 808 g/mol. The number of carbonyl (C=O) groups is 2. The highest BCUT2D eigenvalue weighted by atomic mass is 16.5. The van der Waals surface area contributed by atoms with E-state index >= 15 is 0 Å². The third-order valence-corrected chi connectivity index (χ3v) is 11.3. The lowest BCUT2D eigenvalue weighted by molar-refractivity contribution is 0.0593. The monoisotopic (exact) mass is 807 g/mol. The number of hydrogen-bond donors (Lipinski definition) is 1. The normalized spacial score (nSPS) is 11.6. The summed E-state index contributed by atoms with van der Waals surface area (Å²) in [5.41, 5.74) is 6.21. The molecule has 5 aromatic carbocycles. The summed E-state index contributed by atoms with van der Waals surface area (Å²) >= 11 is 0. The largest absolute Gasteiger partial charge is 0.507 e. The number of phenols is 1. The van der Waals surface area contributed by atoms with E-state index in [1.807, 2.05) is 33.0 Å². The van der Waals surface area contributed by atoms with Gasteiger partial charge in [0.15, 0.2) is 5.69 Å². The Balaban J connectivity index is 1.12. The minimum Gasteiger partial charge on any atom is -0.507 e. The van der Waals surface area contributed by atoms with E-state index in [1.165, 1.54) is 30.9 Å². The Kier molecular flexibility index (Phi) is 14.2. The number of methoxy groups -OCH3 is 2. The second-order valence-corrected chi connectivity index (χ2v) is 15.6. The van der Waals surface area contributed by atoms with Gasteiger partial charge in [-0.05, 0) is 105 Å². The third-order valence-electron chi connectivity index (χ3n) is 11.3. The molecule has 6 rings (SSSR count). The number of rotatable bonds is 18. The Bertz CT molecular complexity index is 2250. The number of amides is 1. The first-order chi connectivity index (χ1) is 29.0. The zero-order valence-electron chi connectivity index (χ0n) is 35.8. The first kappa shape index (κ1) is 43.4. The van der Waals surface area contributed by atoms with Crippen molar-refractivity contribution in [2.75, 3.05) is 61.5 Å². The molecule has 0 bridgehead atoms. The summed E-state index contributed by atoms with van der Waals surface area (Å²) in [6, 6.07) is 44.4. The second-order valence-electron chi connectivity index (χ2n) is 15.6. The van der Waals surface area contributed by atoms with Crippen LogP contribution >= 0.6 is 0 Å². The predicted octanol–water partition coefficient (Wildman–Crippen LogP) is 8.87. The molecule has 60 heavy (non-hydrogen) atoms. The van der Waals surface area contributed by atoms with Crippen LogP contribution in [-0.2, 0) is 10.3 Å². The molecule has 0 saturated heterocycles. The number of benzene rings is 5. The van der Waals surface area contributed by atoms with Gasteiger partial charge in [-0.1, -0.05) is 111 Å². The zero-order valence-corrected chi connectivity index (χ0v) is 35.8. The second kappa shape index (κ2) is 19.7. The molecule has 1 amide bonds. The Morgan fingerprint density at radius 2 is 1.28 bits per heavy atom. The molecule has 1 N–H and O–H groups in total. The van der Waals surface area contributed by atoms with Gasteiger partial charge in [-0.25, -0.2) is 9.48 Å². The van der Waals surface area contributed by atoms with Crippen molar-refractivity contribution in [2.45, 2.75) is 38.1 Å². The van der Waals surface area contributed by atoms with Crippen LogP contribution in [0.15, 0.2) is 133 Å². The molecule has 1 heterocycles. The lowest BCUT2D eigenvalue weighted by Gasteiger charge is -2.44. The third kappa shape index (κ3) is 9.15. The van der Waals surface area contributed by atoms with Gasteiger partial charge in [-0.2, -0.15) is 5.10 Å². The van der Waals surface area contributed by atoms with Crippen molar-refractivity contribution in [1.29, 1.82) is 0 Å². The maximum absolute atomic E-state index is 13.9. The van der Waals surface area contributed by atoms with Gasteiger partial charge in [-0.15, -0.1) is 0 Å². The van der Waals surface area contributed by atoms with E-state index in [2.05, 4.69) is 120 Å². The number of carbonyl (C=O) groups excluding carboxylic acids is 2. The van der Waals surface area contributed by atoms with Crippen LogP contribution in [-0.4, -0.2) is 103 Å². The molecule has 0 aliphatic rings. The molecule has 0 aliphatic heterocycles. The average Bonchev–Trinajstić information content (AvgIpc) is 3.71. The molecule has 0 aliphatic carbocycles. The molecular weight excluding hydrogens is 751 g/mol. The van der Waals surface area contributed by atoms with Crippen molar-refractivity contribution >= 4 is 11.9 Å². The van der Waals surface area contributed by atoms with Gasteiger partial charge in [0.1, 0.15) is 11.5 Å². The molecule has 1 aromatic heterocycles. The molecule has 10 nitrogen and oxygen atoms in total. The molecule has 0 unspecified atom stereocenters. The summed E-state index contributed by atoms with van der Waals surface area (Å²) < 4.78 is 12.2. The molecule has 0 saturated carbocycles. The van der Waals surface area contributed by atoms with Crippen LogP contribution in [0.3, 0.4) is 0 Å². The highest BCUT2D eigenvalue weighted by molar-refractivity contribution is 5.95. The van der Waals surface area contributed by atoms with Crippen LogP contribution < -0.4 is 4.74 Å². The van der Waals surface area contributed by atoms with Gasteiger partial charge in [0.2, 0.25) is 0 Å². The van der Waals surface area contributed by atoms with Crippen LogP contribution in [0.4, 0.5) is 0 Å². The number of aromatic nitrogens is 2. The Hall–Kier alpha value is -6.23. The summed E-state index contributed by atoms with van der Waals surface area (Å²) in [5, 5.41) is 15.5. The van der Waals surface area contributed by atoms with Gasteiger partial charge < -0.3 is 24.4 Å². The van der Waals surface area contributed by atoms with Gasteiger partial charge in [0, 0.05) is 25.7 Å². The maximum atomic E-state index is 13.9. The van der Waals surface area contributed by atoms with E-state index in [1.54, 1.807) is 39.9 Å². The van der Waals surface area contributed by atoms with Crippen LogP contribution in [0.1, 0.15) is 75.7 Å². The SMILES string of the molecule is COC(=O)c1cc(-c2c(O)cccc2OC)n(-c2ccc(C(=O)N(C)CCCN(C)CCCN(C)C(c3ccccc3)(c3ccccc3)c3ccccc3)cc2C(C)C)n1. The summed E-state index contributed by atoms with van der Waals surface area (Å²) in [6.45, 7) is 7.31. The number of hydrogen-bond acceptors (Lipinski definition) is 8. The fourth-order valence-corrected chi connectivity index (χ4v) is 8.19. The Labute approximate surface area is 354 Å². The predicted molar refractivity (Wildman–Crippen MR) is 238 cm³/mol. The maximum Gasteiger partial charge on any atom is 0.358 e. The quantitative estimate of drug-likeness (QED) is 0.0680. The lowest BCUT2D eigenvalue weighted by Crippen LogP contribution is -2.46. The summed E-state index contributed by atoms with van der Waals surface area (Å²) in [4.78, 5) is 33.1. The fourth-order valence-electron chi connectivity index (χ4n) is 8.19. The smallest absolute Gasteiger partial charge is 0.358 e. The summed E-state index contributed by atoms with van der Waals surface area (Å²) in [6.07, 6.45) is 1.79. The van der Waals surface area contributed by atoms with E-state index < -0.39 is 11.5 Å². The van der Waals surface area contributed by atoms with Gasteiger partial charge in [0.25, 0.3) is 5.91 Å². The molecule has 10 heteroatoms.